The highest BCUT2D eigenvalue weighted by atomic mass is 16.5. The molecule has 2 rings (SSSR count). The number of ether oxygens (including phenoxy) is 1. The van der Waals surface area contributed by atoms with Crippen molar-refractivity contribution >= 4 is 0 Å². The van der Waals surface area contributed by atoms with Gasteiger partial charge in [-0.3, -0.25) is 4.90 Å². The van der Waals surface area contributed by atoms with Crippen LogP contribution >= 0.6 is 0 Å². The van der Waals surface area contributed by atoms with E-state index >= 15 is 0 Å². The molecule has 0 saturated carbocycles. The van der Waals surface area contributed by atoms with Gasteiger partial charge in [-0.15, -0.1) is 0 Å². The van der Waals surface area contributed by atoms with E-state index in [2.05, 4.69) is 23.1 Å². The van der Waals surface area contributed by atoms with Gasteiger partial charge in [-0.1, -0.05) is 12.2 Å². The van der Waals surface area contributed by atoms with E-state index in [4.69, 9.17) is 4.74 Å². The molecule has 14 heavy (non-hydrogen) atoms. The first-order valence-electron chi connectivity index (χ1n) is 5.29. The molecule has 1 atom stereocenters. The summed E-state index contributed by atoms with van der Waals surface area (Å²) < 4.78 is 5.30. The summed E-state index contributed by atoms with van der Waals surface area (Å²) in [6, 6.07) is 2.47. The summed E-state index contributed by atoms with van der Waals surface area (Å²) >= 11 is 0. The first-order valence-corrected chi connectivity index (χ1v) is 5.29. The van der Waals surface area contributed by atoms with E-state index in [1.165, 1.54) is 0 Å². The summed E-state index contributed by atoms with van der Waals surface area (Å²) in [5.41, 5.74) is -0.331. The number of hydrogen-bond donors (Lipinski definition) is 0. The van der Waals surface area contributed by atoms with Crippen molar-refractivity contribution in [1.29, 1.82) is 5.26 Å². The van der Waals surface area contributed by atoms with E-state index in [1.807, 2.05) is 0 Å². The molecule has 0 bridgehead atoms. The summed E-state index contributed by atoms with van der Waals surface area (Å²) in [6.07, 6.45) is 7.44. The second kappa shape index (κ2) is 4.12. The van der Waals surface area contributed by atoms with Crippen molar-refractivity contribution in [2.75, 3.05) is 26.3 Å². The summed E-state index contributed by atoms with van der Waals surface area (Å²) in [6.45, 7) is 3.30. The predicted octanol–water partition coefficient (Wildman–Crippen LogP) is 1.32. The lowest BCUT2D eigenvalue weighted by atomic mass is 9.87. The van der Waals surface area contributed by atoms with Crippen molar-refractivity contribution in [2.24, 2.45) is 0 Å². The van der Waals surface area contributed by atoms with Crippen LogP contribution in [0.15, 0.2) is 12.2 Å². The molecule has 1 heterocycles. The molecule has 0 aromatic heterocycles. The van der Waals surface area contributed by atoms with Gasteiger partial charge in [-0.05, 0) is 19.3 Å². The molecular formula is C11H16N2O. The number of hydrogen-bond acceptors (Lipinski definition) is 3. The van der Waals surface area contributed by atoms with Gasteiger partial charge in [-0.25, -0.2) is 0 Å². The minimum atomic E-state index is -0.331. The molecule has 1 fully saturated rings. The maximum atomic E-state index is 9.31. The Kier molecular flexibility index (Phi) is 2.85. The quantitative estimate of drug-likeness (QED) is 0.588. The van der Waals surface area contributed by atoms with Crippen LogP contribution in [0, 0.1) is 11.3 Å². The topological polar surface area (TPSA) is 36.3 Å². The van der Waals surface area contributed by atoms with Gasteiger partial charge in [0.05, 0.1) is 19.3 Å². The molecule has 2 aliphatic rings. The average molecular weight is 192 g/mol. The zero-order valence-electron chi connectivity index (χ0n) is 8.41. The zero-order chi connectivity index (χ0) is 9.86. The van der Waals surface area contributed by atoms with Gasteiger partial charge in [0.1, 0.15) is 5.54 Å². The Bertz CT molecular complexity index is 263. The highest BCUT2D eigenvalue weighted by Gasteiger charge is 2.35. The van der Waals surface area contributed by atoms with Gasteiger partial charge in [0.15, 0.2) is 0 Å². The van der Waals surface area contributed by atoms with Crippen LogP contribution < -0.4 is 0 Å². The third-order valence-corrected chi connectivity index (χ3v) is 3.09. The second-order valence-electron chi connectivity index (χ2n) is 3.93. The molecule has 0 aromatic rings. The minimum absolute atomic E-state index is 0.331. The lowest BCUT2D eigenvalue weighted by Crippen LogP contribution is -2.52. The third kappa shape index (κ3) is 1.68. The Labute approximate surface area is 85.0 Å². The first kappa shape index (κ1) is 9.70. The lowest BCUT2D eigenvalue weighted by molar-refractivity contribution is 0.00614. The molecule has 3 heteroatoms. The Hall–Kier alpha value is -0.850. The lowest BCUT2D eigenvalue weighted by Gasteiger charge is -2.40. The van der Waals surface area contributed by atoms with Crippen LogP contribution in [-0.2, 0) is 4.74 Å². The molecule has 1 aliphatic carbocycles. The van der Waals surface area contributed by atoms with Crippen molar-refractivity contribution in [2.45, 2.75) is 24.8 Å². The Morgan fingerprint density at radius 1 is 1.36 bits per heavy atom. The number of nitriles is 1. The standard InChI is InChI=1S/C11H16N2O/c12-10-11(4-2-1-3-5-11)13-6-8-14-9-7-13/h2,4H,1,3,5-9H2. The molecule has 1 aliphatic heterocycles. The SMILES string of the molecule is N#CC1(N2CCOCC2)C=CCCC1. The first-order chi connectivity index (χ1) is 6.87. The molecule has 76 valence electrons. The van der Waals surface area contributed by atoms with Crippen molar-refractivity contribution in [3.8, 4) is 6.07 Å². The monoisotopic (exact) mass is 192 g/mol. The average Bonchev–Trinajstić information content (AvgIpc) is 2.31. The van der Waals surface area contributed by atoms with E-state index in [0.29, 0.717) is 0 Å². The Balaban J connectivity index is 2.14. The van der Waals surface area contributed by atoms with Gasteiger partial charge in [0.2, 0.25) is 0 Å². The third-order valence-electron chi connectivity index (χ3n) is 3.09. The van der Waals surface area contributed by atoms with E-state index in [-0.39, 0.29) is 5.54 Å². The van der Waals surface area contributed by atoms with Gasteiger partial charge >= 0.3 is 0 Å². The molecule has 1 unspecified atom stereocenters. The fourth-order valence-electron chi connectivity index (χ4n) is 2.24. The van der Waals surface area contributed by atoms with Crippen LogP contribution in [0.5, 0.6) is 0 Å². The summed E-state index contributed by atoms with van der Waals surface area (Å²) in [5, 5.41) is 9.31. The van der Waals surface area contributed by atoms with Crippen LogP contribution in [0.4, 0.5) is 0 Å². The summed E-state index contributed by atoms with van der Waals surface area (Å²) in [5.74, 6) is 0. The molecule has 1 saturated heterocycles. The number of nitrogens with zero attached hydrogens (tertiary/aromatic N) is 2. The van der Waals surface area contributed by atoms with Crippen molar-refractivity contribution in [1.82, 2.24) is 4.90 Å². The fourth-order valence-corrected chi connectivity index (χ4v) is 2.24. The van der Waals surface area contributed by atoms with Crippen molar-refractivity contribution < 1.29 is 4.74 Å². The van der Waals surface area contributed by atoms with Crippen LogP contribution in [0.25, 0.3) is 0 Å². The van der Waals surface area contributed by atoms with E-state index in [0.717, 1.165) is 45.6 Å². The molecule has 0 N–H and O–H groups in total. The van der Waals surface area contributed by atoms with Crippen LogP contribution in [0.3, 0.4) is 0 Å². The van der Waals surface area contributed by atoms with Crippen LogP contribution in [0.1, 0.15) is 19.3 Å². The number of rotatable bonds is 1. The van der Waals surface area contributed by atoms with E-state index in [1.54, 1.807) is 0 Å². The van der Waals surface area contributed by atoms with Gasteiger partial charge < -0.3 is 4.74 Å². The molecular weight excluding hydrogens is 176 g/mol. The molecule has 3 nitrogen and oxygen atoms in total. The Morgan fingerprint density at radius 2 is 2.14 bits per heavy atom. The smallest absolute Gasteiger partial charge is 0.127 e. The number of allylic oxidation sites excluding steroid dienone is 1. The molecule has 0 amide bonds. The maximum absolute atomic E-state index is 9.31. The highest BCUT2D eigenvalue weighted by Crippen LogP contribution is 2.28. The van der Waals surface area contributed by atoms with Crippen molar-refractivity contribution in [3.05, 3.63) is 12.2 Å². The largest absolute Gasteiger partial charge is 0.379 e. The van der Waals surface area contributed by atoms with E-state index in [9.17, 15) is 5.26 Å². The summed E-state index contributed by atoms with van der Waals surface area (Å²) in [4.78, 5) is 2.26. The normalized spacial score (nSPS) is 33.9. The van der Waals surface area contributed by atoms with E-state index < -0.39 is 0 Å². The highest BCUT2D eigenvalue weighted by molar-refractivity contribution is 5.23. The summed E-state index contributed by atoms with van der Waals surface area (Å²) in [7, 11) is 0. The minimum Gasteiger partial charge on any atom is -0.379 e. The Morgan fingerprint density at radius 3 is 2.71 bits per heavy atom. The second-order valence-corrected chi connectivity index (χ2v) is 3.93. The zero-order valence-corrected chi connectivity index (χ0v) is 8.41. The molecule has 0 spiro atoms. The predicted molar refractivity (Wildman–Crippen MR) is 53.7 cm³/mol. The van der Waals surface area contributed by atoms with Crippen LogP contribution in [-0.4, -0.2) is 36.7 Å². The van der Waals surface area contributed by atoms with Gasteiger partial charge in [-0.2, -0.15) is 5.26 Å². The number of morpholine rings is 1. The maximum Gasteiger partial charge on any atom is 0.127 e. The van der Waals surface area contributed by atoms with Crippen molar-refractivity contribution in [3.63, 3.8) is 0 Å². The van der Waals surface area contributed by atoms with Gasteiger partial charge in [0.25, 0.3) is 0 Å². The van der Waals surface area contributed by atoms with Crippen LogP contribution in [0.2, 0.25) is 0 Å². The van der Waals surface area contributed by atoms with Gasteiger partial charge in [0, 0.05) is 13.1 Å². The fraction of sp³-hybridized carbons (Fsp3) is 0.727. The molecule has 0 aromatic carbocycles. The molecule has 0 radical (unpaired) electrons.